The average molecular weight is 122 g/mol. The summed E-state index contributed by atoms with van der Waals surface area (Å²) in [5.74, 6) is 0. The van der Waals surface area contributed by atoms with Gasteiger partial charge in [0.2, 0.25) is 0 Å². The van der Waals surface area contributed by atoms with Crippen LogP contribution in [0.1, 0.15) is 32.1 Å². The predicted octanol–water partition coefficient (Wildman–Crippen LogP) is 3.06. The van der Waals surface area contributed by atoms with Gasteiger partial charge in [-0.3, -0.25) is 0 Å². The molecule has 0 saturated heterocycles. The van der Waals surface area contributed by atoms with Crippen molar-refractivity contribution < 1.29 is 0 Å². The molecule has 0 bridgehead atoms. The zero-order valence-corrected chi connectivity index (χ0v) is 5.84. The minimum atomic E-state index is 1.14. The molecule has 9 heavy (non-hydrogen) atoms. The van der Waals surface area contributed by atoms with Gasteiger partial charge in [0, 0.05) is 0 Å². The van der Waals surface area contributed by atoms with Crippen LogP contribution >= 0.6 is 0 Å². The zero-order chi connectivity index (χ0) is 6.36. The Morgan fingerprint density at radius 1 is 0.667 bits per heavy atom. The molecular weight excluding hydrogens is 108 g/mol. The molecule has 50 valence electrons. The molecule has 0 fully saturated rings. The molecule has 1 aliphatic rings. The van der Waals surface area contributed by atoms with E-state index >= 15 is 0 Å². The first-order valence-electron chi connectivity index (χ1n) is 3.80. The summed E-state index contributed by atoms with van der Waals surface area (Å²) >= 11 is 0. The fraction of sp³-hybridized carbons (Fsp3) is 0.556. The van der Waals surface area contributed by atoms with Crippen LogP contribution in [0, 0.1) is 0 Å². The van der Waals surface area contributed by atoms with E-state index in [1.165, 1.54) is 25.7 Å². The maximum absolute atomic E-state index is 2.29. The summed E-state index contributed by atoms with van der Waals surface area (Å²) < 4.78 is 0. The van der Waals surface area contributed by atoms with Gasteiger partial charge in [0.25, 0.3) is 0 Å². The van der Waals surface area contributed by atoms with Gasteiger partial charge in [-0.05, 0) is 32.1 Å². The topological polar surface area (TPSA) is 0 Å². The maximum atomic E-state index is 2.29. The van der Waals surface area contributed by atoms with Gasteiger partial charge in [-0.1, -0.05) is 24.3 Å². The van der Waals surface area contributed by atoms with E-state index in [1.807, 2.05) is 0 Å². The van der Waals surface area contributed by atoms with Crippen molar-refractivity contribution in [1.29, 1.82) is 0 Å². The van der Waals surface area contributed by atoms with E-state index in [0.717, 1.165) is 6.42 Å². The summed E-state index contributed by atoms with van der Waals surface area (Å²) in [5, 5.41) is 0. The molecule has 0 unspecified atom stereocenters. The monoisotopic (exact) mass is 122 g/mol. The van der Waals surface area contributed by atoms with Crippen molar-refractivity contribution in [3.8, 4) is 0 Å². The Labute approximate surface area is 57.3 Å². The maximum Gasteiger partial charge on any atom is -0.0169 e. The molecule has 0 aromatic carbocycles. The van der Waals surface area contributed by atoms with Crippen LogP contribution in [0.5, 0.6) is 0 Å². The largest absolute Gasteiger partial charge is 0.0882 e. The van der Waals surface area contributed by atoms with Crippen LogP contribution in [0.2, 0.25) is 0 Å². The molecule has 0 heterocycles. The molecule has 0 nitrogen and oxygen atoms in total. The van der Waals surface area contributed by atoms with Gasteiger partial charge < -0.3 is 0 Å². The van der Waals surface area contributed by atoms with E-state index in [-0.39, 0.29) is 0 Å². The molecule has 0 aliphatic heterocycles. The van der Waals surface area contributed by atoms with Crippen LogP contribution in [-0.4, -0.2) is 0 Å². The number of allylic oxidation sites excluding steroid dienone is 4. The Balaban J connectivity index is 2.28. The lowest BCUT2D eigenvalue weighted by Crippen LogP contribution is -1.69. The molecule has 0 saturated carbocycles. The van der Waals surface area contributed by atoms with Gasteiger partial charge in [0.05, 0.1) is 0 Å². The Hall–Kier alpha value is -0.520. The highest BCUT2D eigenvalue weighted by molar-refractivity contribution is 4.94. The summed E-state index contributed by atoms with van der Waals surface area (Å²) in [5.41, 5.74) is 0. The van der Waals surface area contributed by atoms with E-state index in [4.69, 9.17) is 0 Å². The second-order valence-corrected chi connectivity index (χ2v) is 2.46. The summed E-state index contributed by atoms with van der Waals surface area (Å²) in [6.07, 6.45) is 15.5. The molecular formula is C9H14. The molecule has 0 N–H and O–H groups in total. The third-order valence-electron chi connectivity index (χ3n) is 1.60. The first kappa shape index (κ1) is 6.60. The Kier molecular flexibility index (Phi) is 3.20. The molecule has 0 atom stereocenters. The third kappa shape index (κ3) is 3.12. The molecule has 0 radical (unpaired) electrons. The van der Waals surface area contributed by atoms with Crippen molar-refractivity contribution in [2.75, 3.05) is 0 Å². The zero-order valence-electron chi connectivity index (χ0n) is 5.84. The highest BCUT2D eigenvalue weighted by atomic mass is 13.9. The van der Waals surface area contributed by atoms with Crippen LogP contribution in [0.15, 0.2) is 24.3 Å². The van der Waals surface area contributed by atoms with Crippen molar-refractivity contribution >= 4 is 0 Å². The second kappa shape index (κ2) is 4.37. The van der Waals surface area contributed by atoms with Crippen LogP contribution in [0.25, 0.3) is 0 Å². The van der Waals surface area contributed by atoms with Gasteiger partial charge in [0.15, 0.2) is 0 Å². The second-order valence-electron chi connectivity index (χ2n) is 2.46. The minimum absolute atomic E-state index is 1.14. The summed E-state index contributed by atoms with van der Waals surface area (Å²) in [4.78, 5) is 0. The summed E-state index contributed by atoms with van der Waals surface area (Å²) in [6.45, 7) is 0. The van der Waals surface area contributed by atoms with E-state index in [0.29, 0.717) is 0 Å². The van der Waals surface area contributed by atoms with Crippen molar-refractivity contribution in [1.82, 2.24) is 0 Å². The Bertz CT molecular complexity index is 95.2. The Morgan fingerprint density at radius 2 is 1.22 bits per heavy atom. The lowest BCUT2D eigenvalue weighted by Gasteiger charge is -1.89. The van der Waals surface area contributed by atoms with Crippen LogP contribution in [-0.2, 0) is 0 Å². The molecule has 0 amide bonds. The smallest absolute Gasteiger partial charge is 0.0169 e. The fourth-order valence-electron chi connectivity index (χ4n) is 1.03. The molecule has 0 heteroatoms. The van der Waals surface area contributed by atoms with Crippen molar-refractivity contribution in [3.05, 3.63) is 24.3 Å². The Morgan fingerprint density at radius 3 is 1.78 bits per heavy atom. The van der Waals surface area contributed by atoms with Crippen LogP contribution < -0.4 is 0 Å². The molecule has 0 aromatic heterocycles. The lowest BCUT2D eigenvalue weighted by molar-refractivity contribution is 0.764. The highest BCUT2D eigenvalue weighted by Crippen LogP contribution is 2.05. The fourth-order valence-corrected chi connectivity index (χ4v) is 1.03. The summed E-state index contributed by atoms with van der Waals surface area (Å²) in [7, 11) is 0. The third-order valence-corrected chi connectivity index (χ3v) is 1.60. The predicted molar refractivity (Wildman–Crippen MR) is 41.4 cm³/mol. The van der Waals surface area contributed by atoms with E-state index in [2.05, 4.69) is 24.3 Å². The standard InChI is InChI=1S/C9H14/c1-2-4-6-8-9-7-5-3-1/h1-2,5,7H,3-4,6,8-9H2/b2-1-,7-5+. The van der Waals surface area contributed by atoms with Crippen molar-refractivity contribution in [3.63, 3.8) is 0 Å². The lowest BCUT2D eigenvalue weighted by atomic mass is 10.2. The van der Waals surface area contributed by atoms with Crippen molar-refractivity contribution in [2.45, 2.75) is 32.1 Å². The summed E-state index contributed by atoms with van der Waals surface area (Å²) in [6, 6.07) is 0. The first-order chi connectivity index (χ1) is 4.50. The normalized spacial score (nSPS) is 27.6. The quantitative estimate of drug-likeness (QED) is 0.433. The number of hydrogen-bond donors (Lipinski definition) is 0. The highest BCUT2D eigenvalue weighted by Gasteiger charge is 1.84. The van der Waals surface area contributed by atoms with E-state index in [1.54, 1.807) is 0 Å². The van der Waals surface area contributed by atoms with Gasteiger partial charge in [0.1, 0.15) is 0 Å². The van der Waals surface area contributed by atoms with Gasteiger partial charge in [-0.15, -0.1) is 0 Å². The SMILES string of the molecule is C1=C\CCCC/C=C/C/1. The first-order valence-corrected chi connectivity index (χ1v) is 3.80. The van der Waals surface area contributed by atoms with Crippen molar-refractivity contribution in [2.24, 2.45) is 0 Å². The molecule has 1 aliphatic carbocycles. The average Bonchev–Trinajstić information content (AvgIpc) is 2.00. The number of hydrogen-bond acceptors (Lipinski definition) is 0. The number of rotatable bonds is 0. The van der Waals surface area contributed by atoms with Crippen LogP contribution in [0.3, 0.4) is 0 Å². The van der Waals surface area contributed by atoms with Gasteiger partial charge in [-0.2, -0.15) is 0 Å². The van der Waals surface area contributed by atoms with Gasteiger partial charge in [-0.25, -0.2) is 0 Å². The van der Waals surface area contributed by atoms with Gasteiger partial charge >= 0.3 is 0 Å². The van der Waals surface area contributed by atoms with E-state index < -0.39 is 0 Å². The molecule has 0 spiro atoms. The van der Waals surface area contributed by atoms with E-state index in [9.17, 15) is 0 Å². The van der Waals surface area contributed by atoms with Crippen LogP contribution in [0.4, 0.5) is 0 Å². The molecule has 0 aromatic rings. The minimum Gasteiger partial charge on any atom is -0.0882 e. The molecule has 1 rings (SSSR count).